The van der Waals surface area contributed by atoms with E-state index in [0.717, 1.165) is 10.6 Å². The van der Waals surface area contributed by atoms with Gasteiger partial charge in [0, 0.05) is 47.9 Å². The van der Waals surface area contributed by atoms with Gasteiger partial charge in [0.15, 0.2) is 0 Å². The van der Waals surface area contributed by atoms with Crippen molar-refractivity contribution in [1.82, 2.24) is 5.32 Å². The van der Waals surface area contributed by atoms with E-state index in [4.69, 9.17) is 0 Å². The molecule has 27 heavy (non-hydrogen) atoms. The Balaban J connectivity index is 1.72. The third-order valence-corrected chi connectivity index (χ3v) is 4.67. The number of benzene rings is 2. The molecule has 0 radical (unpaired) electrons. The Hall–Kier alpha value is -3.14. The van der Waals surface area contributed by atoms with Crippen LogP contribution >= 0.6 is 11.8 Å². The van der Waals surface area contributed by atoms with E-state index in [1.807, 2.05) is 0 Å². The van der Waals surface area contributed by atoms with Crippen molar-refractivity contribution in [2.24, 2.45) is 0 Å². The van der Waals surface area contributed by atoms with Crippen LogP contribution in [-0.4, -0.2) is 34.1 Å². The Labute approximate surface area is 159 Å². The molecule has 0 unspecified atom stereocenters. The van der Waals surface area contributed by atoms with Gasteiger partial charge in [-0.2, -0.15) is 0 Å². The van der Waals surface area contributed by atoms with Crippen molar-refractivity contribution >= 4 is 34.7 Å². The number of amides is 1. The Kier molecular flexibility index (Phi) is 7.12. The third kappa shape index (κ3) is 6.26. The lowest BCUT2D eigenvalue weighted by molar-refractivity contribution is -0.385. The van der Waals surface area contributed by atoms with E-state index in [-0.39, 0.29) is 22.5 Å². The average Bonchev–Trinajstić information content (AvgIpc) is 2.65. The highest BCUT2D eigenvalue weighted by Gasteiger charge is 2.14. The highest BCUT2D eigenvalue weighted by atomic mass is 32.2. The third-order valence-electron chi connectivity index (χ3n) is 3.56. The minimum Gasteiger partial charge on any atom is -0.383 e. The van der Waals surface area contributed by atoms with Gasteiger partial charge in [-0.1, -0.05) is 0 Å². The maximum absolute atomic E-state index is 12.1. The van der Waals surface area contributed by atoms with E-state index in [9.17, 15) is 25.0 Å². The summed E-state index contributed by atoms with van der Waals surface area (Å²) in [5.41, 5.74) is 0.753. The van der Waals surface area contributed by atoms with Crippen molar-refractivity contribution in [3.8, 4) is 0 Å². The molecule has 0 aliphatic heterocycles. The Bertz CT molecular complexity index is 811. The predicted molar refractivity (Wildman–Crippen MR) is 103 cm³/mol. The van der Waals surface area contributed by atoms with Crippen molar-refractivity contribution in [3.63, 3.8) is 0 Å². The van der Waals surface area contributed by atoms with Gasteiger partial charge in [0.25, 0.3) is 11.4 Å². The second-order valence-electron chi connectivity index (χ2n) is 5.53. The molecule has 1 atom stereocenters. The van der Waals surface area contributed by atoms with Gasteiger partial charge < -0.3 is 10.6 Å². The number of carbonyl (C=O) groups excluding carboxylic acids is 1. The van der Waals surface area contributed by atoms with Gasteiger partial charge in [-0.25, -0.2) is 0 Å². The quantitative estimate of drug-likeness (QED) is 0.291. The number of nitrogens with one attached hydrogen (secondary N) is 2. The first kappa shape index (κ1) is 20.2. The molecule has 0 saturated heterocycles. The normalized spacial score (nSPS) is 11.4. The van der Waals surface area contributed by atoms with E-state index in [2.05, 4.69) is 10.6 Å². The molecular formula is C17H18N4O5S. The van der Waals surface area contributed by atoms with Gasteiger partial charge in [0.05, 0.1) is 15.1 Å². The zero-order valence-electron chi connectivity index (χ0n) is 14.5. The minimum atomic E-state index is -0.470. The molecule has 1 amide bonds. The fourth-order valence-electron chi connectivity index (χ4n) is 2.14. The maximum Gasteiger partial charge on any atom is 0.269 e. The van der Waals surface area contributed by atoms with Gasteiger partial charge in [0.1, 0.15) is 0 Å². The van der Waals surface area contributed by atoms with Gasteiger partial charge in [-0.3, -0.25) is 25.0 Å². The van der Waals surface area contributed by atoms with Crippen LogP contribution in [-0.2, 0) is 4.79 Å². The van der Waals surface area contributed by atoms with Crippen LogP contribution in [0.2, 0.25) is 0 Å². The number of hydrogen-bond donors (Lipinski definition) is 2. The molecule has 10 heteroatoms. The van der Waals surface area contributed by atoms with E-state index in [0.29, 0.717) is 13.1 Å². The molecule has 0 fully saturated rings. The monoisotopic (exact) mass is 390 g/mol. The van der Waals surface area contributed by atoms with E-state index >= 15 is 0 Å². The summed E-state index contributed by atoms with van der Waals surface area (Å²) in [5.74, 6) is -0.149. The van der Waals surface area contributed by atoms with Crippen molar-refractivity contribution in [1.29, 1.82) is 0 Å². The highest BCUT2D eigenvalue weighted by molar-refractivity contribution is 8.00. The van der Waals surface area contributed by atoms with Gasteiger partial charge >= 0.3 is 0 Å². The molecule has 0 bridgehead atoms. The molecule has 2 N–H and O–H groups in total. The topological polar surface area (TPSA) is 127 Å². The van der Waals surface area contributed by atoms with E-state index in [1.54, 1.807) is 31.2 Å². The zero-order chi connectivity index (χ0) is 19.8. The second-order valence-corrected chi connectivity index (χ2v) is 6.95. The molecule has 2 rings (SSSR count). The first-order valence-electron chi connectivity index (χ1n) is 8.04. The number of nitro groups is 2. The SMILES string of the molecule is C[C@@H](Sc1ccc([N+](=O)[O-])cc1)C(=O)NCCNc1ccc([N+](=O)[O-])cc1. The van der Waals surface area contributed by atoms with Crippen molar-refractivity contribution in [2.75, 3.05) is 18.4 Å². The van der Waals surface area contributed by atoms with E-state index < -0.39 is 9.85 Å². The molecule has 0 spiro atoms. The number of non-ortho nitro benzene ring substituents is 2. The summed E-state index contributed by atoms with van der Waals surface area (Å²) in [4.78, 5) is 33.2. The van der Waals surface area contributed by atoms with Crippen molar-refractivity contribution in [3.05, 3.63) is 68.8 Å². The zero-order valence-corrected chi connectivity index (χ0v) is 15.3. The van der Waals surface area contributed by atoms with Crippen LogP contribution in [0, 0.1) is 20.2 Å². The van der Waals surface area contributed by atoms with E-state index in [1.165, 1.54) is 36.0 Å². The number of hydrogen-bond acceptors (Lipinski definition) is 7. The molecule has 9 nitrogen and oxygen atoms in total. The largest absolute Gasteiger partial charge is 0.383 e. The lowest BCUT2D eigenvalue weighted by Crippen LogP contribution is -2.34. The summed E-state index contributed by atoms with van der Waals surface area (Å²) in [6.45, 7) is 2.62. The fourth-order valence-corrected chi connectivity index (χ4v) is 3.03. The second kappa shape index (κ2) is 9.53. The maximum atomic E-state index is 12.1. The van der Waals surface area contributed by atoms with Crippen LogP contribution in [0.5, 0.6) is 0 Å². The standard InChI is InChI=1S/C17H18N4O5S/c1-12(27-16-8-6-15(7-9-16)21(25)26)17(22)19-11-10-18-13-2-4-14(5-3-13)20(23)24/h2-9,12,18H,10-11H2,1H3,(H,19,22)/t12-/m1/s1. The van der Waals surface area contributed by atoms with Crippen LogP contribution in [0.4, 0.5) is 17.1 Å². The smallest absolute Gasteiger partial charge is 0.269 e. The molecule has 0 aliphatic carbocycles. The Morgan fingerprint density at radius 1 is 0.963 bits per heavy atom. The summed E-state index contributed by atoms with van der Waals surface area (Å²) < 4.78 is 0. The van der Waals surface area contributed by atoms with Crippen molar-refractivity contribution < 1.29 is 14.6 Å². The molecule has 142 valence electrons. The molecule has 0 aromatic heterocycles. The summed E-state index contributed by atoms with van der Waals surface area (Å²) in [6.07, 6.45) is 0. The number of thioether (sulfide) groups is 1. The van der Waals surface area contributed by atoms with Crippen molar-refractivity contribution in [2.45, 2.75) is 17.1 Å². The van der Waals surface area contributed by atoms with Crippen LogP contribution in [0.1, 0.15) is 6.92 Å². The predicted octanol–water partition coefficient (Wildman–Crippen LogP) is 3.21. The summed E-state index contributed by atoms with van der Waals surface area (Å²) >= 11 is 1.31. The van der Waals surface area contributed by atoms with Gasteiger partial charge in [-0.15, -0.1) is 11.8 Å². The first-order valence-corrected chi connectivity index (χ1v) is 8.92. The van der Waals surface area contributed by atoms with Gasteiger partial charge in [0.2, 0.25) is 5.91 Å². The van der Waals surface area contributed by atoms with Gasteiger partial charge in [-0.05, 0) is 31.2 Å². The molecular weight excluding hydrogens is 372 g/mol. The Morgan fingerprint density at radius 2 is 1.48 bits per heavy atom. The molecule has 0 aliphatic rings. The molecule has 0 saturated carbocycles. The Morgan fingerprint density at radius 3 is 2.00 bits per heavy atom. The summed E-state index contributed by atoms with van der Waals surface area (Å²) in [6, 6.07) is 12.1. The summed E-state index contributed by atoms with van der Waals surface area (Å²) in [5, 5.41) is 26.7. The van der Waals surface area contributed by atoms with Crippen LogP contribution in [0.15, 0.2) is 53.4 Å². The number of nitro benzene ring substituents is 2. The fraction of sp³-hybridized carbons (Fsp3) is 0.235. The van der Waals surface area contributed by atoms with Crippen LogP contribution in [0.25, 0.3) is 0 Å². The average molecular weight is 390 g/mol. The molecule has 2 aromatic rings. The lowest BCUT2D eigenvalue weighted by atomic mass is 10.3. The number of carbonyl (C=O) groups is 1. The number of anilines is 1. The minimum absolute atomic E-state index is 0.00812. The first-order chi connectivity index (χ1) is 12.9. The highest BCUT2D eigenvalue weighted by Crippen LogP contribution is 2.25. The number of nitrogens with zero attached hydrogens (tertiary/aromatic N) is 2. The lowest BCUT2D eigenvalue weighted by Gasteiger charge is -2.12. The molecule has 2 aromatic carbocycles. The number of rotatable bonds is 9. The van der Waals surface area contributed by atoms with Crippen LogP contribution in [0.3, 0.4) is 0 Å². The molecule has 0 heterocycles. The summed E-state index contributed by atoms with van der Waals surface area (Å²) in [7, 11) is 0. The van der Waals surface area contributed by atoms with Crippen LogP contribution < -0.4 is 10.6 Å².